The minimum Gasteiger partial charge on any atom is -0.496 e. The Bertz CT molecular complexity index is 698. The highest BCUT2D eigenvalue weighted by Gasteiger charge is 2.16. The lowest BCUT2D eigenvalue weighted by Crippen LogP contribution is -2.31. The molecule has 0 radical (unpaired) electrons. The molecule has 0 heterocycles. The van der Waals surface area contributed by atoms with Crippen molar-refractivity contribution in [1.82, 2.24) is 5.32 Å². The van der Waals surface area contributed by atoms with Crippen LogP contribution in [0.5, 0.6) is 5.75 Å². The van der Waals surface area contributed by atoms with Crippen LogP contribution in [-0.4, -0.2) is 45.9 Å². The van der Waals surface area contributed by atoms with Crippen molar-refractivity contribution in [2.45, 2.75) is 0 Å². The standard InChI is InChI=1S/C17H19NO5/c1-21-8-7-18-16(19)11-23-17(20)14-9-12-5-3-4-6-13(12)10-15(14)22-2/h3-6,9-10H,7-8,11H2,1-2H3,(H,18,19). The summed E-state index contributed by atoms with van der Waals surface area (Å²) in [4.78, 5) is 23.7. The third-order valence-corrected chi connectivity index (χ3v) is 3.25. The van der Waals surface area contributed by atoms with Crippen molar-refractivity contribution in [3.05, 3.63) is 42.0 Å². The van der Waals surface area contributed by atoms with Gasteiger partial charge in [-0.25, -0.2) is 4.79 Å². The number of nitrogens with one attached hydrogen (secondary N) is 1. The number of esters is 1. The monoisotopic (exact) mass is 317 g/mol. The minimum absolute atomic E-state index is 0.288. The molecule has 0 aliphatic rings. The van der Waals surface area contributed by atoms with Crippen molar-refractivity contribution < 1.29 is 23.8 Å². The zero-order valence-corrected chi connectivity index (χ0v) is 13.1. The Labute approximate surface area is 134 Å². The number of methoxy groups -OCH3 is 2. The largest absolute Gasteiger partial charge is 0.496 e. The van der Waals surface area contributed by atoms with Crippen LogP contribution in [0.3, 0.4) is 0 Å². The summed E-state index contributed by atoms with van der Waals surface area (Å²) >= 11 is 0. The van der Waals surface area contributed by atoms with Gasteiger partial charge >= 0.3 is 5.97 Å². The Morgan fingerprint density at radius 1 is 1.09 bits per heavy atom. The molecule has 0 fully saturated rings. The zero-order chi connectivity index (χ0) is 16.7. The van der Waals surface area contributed by atoms with E-state index < -0.39 is 5.97 Å². The van der Waals surface area contributed by atoms with Crippen LogP contribution in [-0.2, 0) is 14.3 Å². The van der Waals surface area contributed by atoms with Gasteiger partial charge in [0.1, 0.15) is 11.3 Å². The van der Waals surface area contributed by atoms with E-state index >= 15 is 0 Å². The molecule has 0 unspecified atom stereocenters. The van der Waals surface area contributed by atoms with Crippen LogP contribution in [0.15, 0.2) is 36.4 Å². The molecule has 0 aliphatic carbocycles. The van der Waals surface area contributed by atoms with E-state index in [1.165, 1.54) is 14.2 Å². The van der Waals surface area contributed by atoms with Gasteiger partial charge in [-0.2, -0.15) is 0 Å². The van der Waals surface area contributed by atoms with E-state index in [0.29, 0.717) is 18.9 Å². The van der Waals surface area contributed by atoms with Gasteiger partial charge in [0, 0.05) is 13.7 Å². The smallest absolute Gasteiger partial charge is 0.342 e. The molecule has 122 valence electrons. The highest BCUT2D eigenvalue weighted by molar-refractivity contribution is 5.99. The first-order valence-corrected chi connectivity index (χ1v) is 7.15. The minimum atomic E-state index is -0.602. The molecule has 0 saturated heterocycles. The number of fused-ring (bicyclic) bond motifs is 1. The molecule has 6 heteroatoms. The molecule has 6 nitrogen and oxygen atoms in total. The number of benzene rings is 2. The maximum absolute atomic E-state index is 12.2. The number of hydrogen-bond acceptors (Lipinski definition) is 5. The Hall–Kier alpha value is -2.60. The van der Waals surface area contributed by atoms with Crippen LogP contribution in [0.4, 0.5) is 0 Å². The second kappa shape index (κ2) is 8.14. The molecule has 0 aromatic heterocycles. The van der Waals surface area contributed by atoms with Gasteiger partial charge in [-0.05, 0) is 22.9 Å². The average Bonchev–Trinajstić information content (AvgIpc) is 2.58. The quantitative estimate of drug-likeness (QED) is 0.622. The predicted octanol–water partition coefficient (Wildman–Crippen LogP) is 1.77. The van der Waals surface area contributed by atoms with Crippen LogP contribution < -0.4 is 10.1 Å². The number of carbonyl (C=O) groups excluding carboxylic acids is 2. The van der Waals surface area contributed by atoms with Gasteiger partial charge in [-0.3, -0.25) is 4.79 Å². The van der Waals surface area contributed by atoms with Crippen LogP contribution in [0.2, 0.25) is 0 Å². The number of carbonyl (C=O) groups is 2. The highest BCUT2D eigenvalue weighted by atomic mass is 16.5. The fourth-order valence-electron chi connectivity index (χ4n) is 2.10. The van der Waals surface area contributed by atoms with Crippen molar-refractivity contribution in [3.63, 3.8) is 0 Å². The highest BCUT2D eigenvalue weighted by Crippen LogP contribution is 2.26. The molecule has 1 N–H and O–H groups in total. The summed E-state index contributed by atoms with van der Waals surface area (Å²) in [6, 6.07) is 11.1. The van der Waals surface area contributed by atoms with Crippen molar-refractivity contribution in [2.24, 2.45) is 0 Å². The number of rotatable bonds is 7. The molecule has 0 aliphatic heterocycles. The zero-order valence-electron chi connectivity index (χ0n) is 13.1. The molecule has 2 aromatic rings. The first-order chi connectivity index (χ1) is 11.2. The fraction of sp³-hybridized carbons (Fsp3) is 0.294. The molecule has 2 aromatic carbocycles. The van der Waals surface area contributed by atoms with Gasteiger partial charge in [-0.1, -0.05) is 24.3 Å². The van der Waals surface area contributed by atoms with Crippen molar-refractivity contribution in [2.75, 3.05) is 34.0 Å². The Balaban J connectivity index is 2.06. The van der Waals surface area contributed by atoms with Gasteiger partial charge in [0.2, 0.25) is 0 Å². The van der Waals surface area contributed by atoms with Gasteiger partial charge in [0.15, 0.2) is 6.61 Å². The number of ether oxygens (including phenoxy) is 3. The molecular formula is C17H19NO5. The van der Waals surface area contributed by atoms with Crippen LogP contribution in [0.1, 0.15) is 10.4 Å². The molecule has 0 bridgehead atoms. The Kier molecular flexibility index (Phi) is 5.94. The summed E-state index contributed by atoms with van der Waals surface area (Å²) in [7, 11) is 3.02. The van der Waals surface area contributed by atoms with Crippen molar-refractivity contribution in [1.29, 1.82) is 0 Å². The fourth-order valence-corrected chi connectivity index (χ4v) is 2.10. The Morgan fingerprint density at radius 3 is 2.43 bits per heavy atom. The average molecular weight is 317 g/mol. The summed E-state index contributed by atoms with van der Waals surface area (Å²) in [5.74, 6) is -0.571. The molecule has 23 heavy (non-hydrogen) atoms. The summed E-state index contributed by atoms with van der Waals surface area (Å²) in [6.07, 6.45) is 0. The lowest BCUT2D eigenvalue weighted by molar-refractivity contribution is -0.124. The van der Waals surface area contributed by atoms with E-state index in [-0.39, 0.29) is 18.1 Å². The maximum Gasteiger partial charge on any atom is 0.342 e. The topological polar surface area (TPSA) is 73.9 Å². The number of hydrogen-bond donors (Lipinski definition) is 1. The van der Waals surface area contributed by atoms with E-state index in [2.05, 4.69) is 5.32 Å². The van der Waals surface area contributed by atoms with E-state index in [1.54, 1.807) is 12.1 Å². The molecule has 1 amide bonds. The number of amides is 1. The molecule has 0 saturated carbocycles. The third kappa shape index (κ3) is 4.43. The van der Waals surface area contributed by atoms with Crippen molar-refractivity contribution in [3.8, 4) is 5.75 Å². The first-order valence-electron chi connectivity index (χ1n) is 7.15. The first kappa shape index (κ1) is 16.8. The van der Waals surface area contributed by atoms with Gasteiger partial charge in [-0.15, -0.1) is 0 Å². The maximum atomic E-state index is 12.2. The second-order valence-corrected chi connectivity index (χ2v) is 4.82. The normalized spacial score (nSPS) is 10.3. The molecule has 0 atom stereocenters. The van der Waals surface area contributed by atoms with Crippen LogP contribution >= 0.6 is 0 Å². The molecular weight excluding hydrogens is 298 g/mol. The van der Waals surface area contributed by atoms with E-state index in [4.69, 9.17) is 14.2 Å². The summed E-state index contributed by atoms with van der Waals surface area (Å²) in [5, 5.41) is 4.43. The van der Waals surface area contributed by atoms with Gasteiger partial charge < -0.3 is 19.5 Å². The lowest BCUT2D eigenvalue weighted by Gasteiger charge is -2.10. The summed E-state index contributed by atoms with van der Waals surface area (Å²) in [5.41, 5.74) is 0.288. The van der Waals surface area contributed by atoms with Crippen LogP contribution in [0, 0.1) is 0 Å². The summed E-state index contributed by atoms with van der Waals surface area (Å²) in [6.45, 7) is 0.420. The van der Waals surface area contributed by atoms with E-state index in [1.807, 2.05) is 24.3 Å². The summed E-state index contributed by atoms with van der Waals surface area (Å²) < 4.78 is 15.1. The van der Waals surface area contributed by atoms with E-state index in [9.17, 15) is 9.59 Å². The molecule has 2 rings (SSSR count). The Morgan fingerprint density at radius 2 is 1.78 bits per heavy atom. The lowest BCUT2D eigenvalue weighted by atomic mass is 10.1. The van der Waals surface area contributed by atoms with Gasteiger partial charge in [0.05, 0.1) is 13.7 Å². The van der Waals surface area contributed by atoms with Gasteiger partial charge in [0.25, 0.3) is 5.91 Å². The predicted molar refractivity (Wildman–Crippen MR) is 85.7 cm³/mol. The van der Waals surface area contributed by atoms with Crippen LogP contribution in [0.25, 0.3) is 10.8 Å². The van der Waals surface area contributed by atoms with E-state index in [0.717, 1.165) is 10.8 Å². The SMILES string of the molecule is COCCNC(=O)COC(=O)c1cc2ccccc2cc1OC. The van der Waals surface area contributed by atoms with Crippen molar-refractivity contribution >= 4 is 22.6 Å². The third-order valence-electron chi connectivity index (χ3n) is 3.25. The molecule has 0 spiro atoms. The second-order valence-electron chi connectivity index (χ2n) is 4.82.